The molecule has 6 nitrogen and oxygen atoms in total. The Morgan fingerprint density at radius 3 is 2.69 bits per heavy atom. The summed E-state index contributed by atoms with van der Waals surface area (Å²) in [7, 11) is 0. The molecular weight excluding hydrogens is 382 g/mol. The number of nitrogens with two attached hydrogens (primary N) is 1. The molecule has 0 saturated carbocycles. The van der Waals surface area contributed by atoms with E-state index in [0.717, 1.165) is 16.5 Å². The minimum atomic E-state index is -0.112. The number of carbonyl (C=O) groups excluding carboxylic acids is 1. The Morgan fingerprint density at radius 1 is 1.14 bits per heavy atom. The molecule has 4 rings (SSSR count). The molecule has 7 heteroatoms. The highest BCUT2D eigenvalue weighted by Gasteiger charge is 2.16. The second kappa shape index (κ2) is 8.36. The second-order valence-electron chi connectivity index (χ2n) is 6.81. The first kappa shape index (κ1) is 20.4. The number of aryl methyl sites for hydroxylation is 1. The van der Waals surface area contributed by atoms with Gasteiger partial charge < -0.3 is 15.6 Å². The number of benzene rings is 2. The third-order valence-electron chi connectivity index (χ3n) is 4.77. The van der Waals surface area contributed by atoms with Crippen LogP contribution in [0.1, 0.15) is 34.5 Å². The zero-order valence-corrected chi connectivity index (χ0v) is 17.3. The molecule has 1 amide bonds. The van der Waals surface area contributed by atoms with Crippen LogP contribution >= 0.6 is 13.5 Å². The van der Waals surface area contributed by atoms with E-state index >= 15 is 0 Å². The van der Waals surface area contributed by atoms with Gasteiger partial charge >= 0.3 is 0 Å². The van der Waals surface area contributed by atoms with E-state index in [9.17, 15) is 4.79 Å². The summed E-state index contributed by atoms with van der Waals surface area (Å²) in [5.74, 6) is 0.757. The molecule has 1 atom stereocenters. The minimum absolute atomic E-state index is 0. The van der Waals surface area contributed by atoms with Crippen LogP contribution in [0.2, 0.25) is 0 Å². The van der Waals surface area contributed by atoms with Crippen LogP contribution in [0.4, 0.5) is 5.95 Å². The maximum absolute atomic E-state index is 13.0. The fourth-order valence-electron chi connectivity index (χ4n) is 3.36. The summed E-state index contributed by atoms with van der Waals surface area (Å²) in [6.45, 7) is 4.03. The van der Waals surface area contributed by atoms with Crippen molar-refractivity contribution < 1.29 is 4.79 Å². The van der Waals surface area contributed by atoms with Crippen molar-refractivity contribution in [2.45, 2.75) is 19.9 Å². The van der Waals surface area contributed by atoms with Gasteiger partial charge in [-0.1, -0.05) is 35.9 Å². The van der Waals surface area contributed by atoms with Crippen LogP contribution in [-0.2, 0) is 0 Å². The first-order valence-electron chi connectivity index (χ1n) is 9.09. The average Bonchev–Trinajstić information content (AvgIpc) is 3.12. The molecule has 0 fully saturated rings. The summed E-state index contributed by atoms with van der Waals surface area (Å²) in [6, 6.07) is 17.4. The van der Waals surface area contributed by atoms with Crippen molar-refractivity contribution in [1.29, 1.82) is 0 Å². The van der Waals surface area contributed by atoms with Crippen LogP contribution in [-0.4, -0.2) is 20.4 Å². The SMILES string of the molecule is Cc1cccc([C@H](C)NC(=O)c2cccc3c2ccn3-c2ccnc(N)n2)c1.S. The smallest absolute Gasteiger partial charge is 0.252 e. The molecule has 0 aliphatic carbocycles. The lowest BCUT2D eigenvalue weighted by Gasteiger charge is -2.15. The van der Waals surface area contributed by atoms with Gasteiger partial charge in [0, 0.05) is 23.3 Å². The van der Waals surface area contributed by atoms with Gasteiger partial charge in [-0.2, -0.15) is 18.5 Å². The average molecular weight is 406 g/mol. The first-order chi connectivity index (χ1) is 13.5. The summed E-state index contributed by atoms with van der Waals surface area (Å²) in [5, 5.41) is 3.95. The Morgan fingerprint density at radius 2 is 1.93 bits per heavy atom. The Kier molecular flexibility index (Phi) is 5.89. The second-order valence-corrected chi connectivity index (χ2v) is 6.81. The standard InChI is InChI=1S/C22H21N5O.H2S/c1-14-5-3-6-16(13-14)15(2)25-21(28)18-7-4-8-19-17(18)10-12-27(19)20-9-11-24-22(23)26-20;/h3-13,15H,1-2H3,(H,25,28)(H2,23,24,26);1H2/t15-;/m0./s1. The molecule has 3 N–H and O–H groups in total. The maximum Gasteiger partial charge on any atom is 0.252 e. The van der Waals surface area contributed by atoms with Crippen molar-refractivity contribution in [3.8, 4) is 5.82 Å². The lowest BCUT2D eigenvalue weighted by Crippen LogP contribution is -2.26. The quantitative estimate of drug-likeness (QED) is 0.539. The van der Waals surface area contributed by atoms with E-state index in [1.54, 1.807) is 12.3 Å². The number of aromatic nitrogens is 3. The third-order valence-corrected chi connectivity index (χ3v) is 4.77. The van der Waals surface area contributed by atoms with Gasteiger partial charge in [0.1, 0.15) is 5.82 Å². The van der Waals surface area contributed by atoms with Crippen LogP contribution in [0.5, 0.6) is 0 Å². The van der Waals surface area contributed by atoms with E-state index < -0.39 is 0 Å². The summed E-state index contributed by atoms with van der Waals surface area (Å²) in [4.78, 5) is 21.2. The molecule has 0 bridgehead atoms. The van der Waals surface area contributed by atoms with Crippen LogP contribution in [0.3, 0.4) is 0 Å². The largest absolute Gasteiger partial charge is 0.368 e. The van der Waals surface area contributed by atoms with Gasteiger partial charge in [-0.25, -0.2) is 4.98 Å². The number of nitrogens with zero attached hydrogens (tertiary/aromatic N) is 3. The molecule has 4 aromatic rings. The molecule has 2 aromatic carbocycles. The van der Waals surface area contributed by atoms with E-state index in [-0.39, 0.29) is 31.4 Å². The highest BCUT2D eigenvalue weighted by Crippen LogP contribution is 2.24. The number of carbonyl (C=O) groups is 1. The van der Waals surface area contributed by atoms with Crippen LogP contribution in [0, 0.1) is 6.92 Å². The highest BCUT2D eigenvalue weighted by molar-refractivity contribution is 7.59. The van der Waals surface area contributed by atoms with Gasteiger partial charge in [0.25, 0.3) is 5.91 Å². The molecule has 2 heterocycles. The molecule has 0 aliphatic rings. The Labute approximate surface area is 176 Å². The molecule has 29 heavy (non-hydrogen) atoms. The molecule has 148 valence electrons. The van der Waals surface area contributed by atoms with E-state index in [1.807, 2.05) is 67.1 Å². The number of nitrogens with one attached hydrogen (secondary N) is 1. The highest BCUT2D eigenvalue weighted by atomic mass is 32.1. The number of hydrogen-bond donors (Lipinski definition) is 2. The van der Waals surface area contributed by atoms with Crippen molar-refractivity contribution in [1.82, 2.24) is 19.9 Å². The van der Waals surface area contributed by atoms with Crippen LogP contribution in [0.15, 0.2) is 67.0 Å². The minimum Gasteiger partial charge on any atom is -0.368 e. The number of amides is 1. The third kappa shape index (κ3) is 4.09. The van der Waals surface area contributed by atoms with Gasteiger partial charge in [-0.05, 0) is 43.7 Å². The van der Waals surface area contributed by atoms with Crippen LogP contribution < -0.4 is 11.1 Å². The molecular formula is C22H23N5OS. The Bertz CT molecular complexity index is 1170. The predicted molar refractivity (Wildman–Crippen MR) is 121 cm³/mol. The van der Waals surface area contributed by atoms with E-state index in [0.29, 0.717) is 11.4 Å². The van der Waals surface area contributed by atoms with Gasteiger partial charge in [0.15, 0.2) is 0 Å². The normalized spacial score (nSPS) is 11.7. The summed E-state index contributed by atoms with van der Waals surface area (Å²) < 4.78 is 1.90. The van der Waals surface area contributed by atoms with Crippen LogP contribution in [0.25, 0.3) is 16.7 Å². The summed E-state index contributed by atoms with van der Waals surface area (Å²) >= 11 is 0. The molecule has 0 unspecified atom stereocenters. The zero-order valence-electron chi connectivity index (χ0n) is 16.3. The molecule has 0 aliphatic heterocycles. The number of hydrogen-bond acceptors (Lipinski definition) is 4. The number of fused-ring (bicyclic) bond motifs is 1. The predicted octanol–water partition coefficient (Wildman–Crippen LogP) is 3.91. The number of rotatable bonds is 4. The molecule has 2 aromatic heterocycles. The monoisotopic (exact) mass is 405 g/mol. The van der Waals surface area contributed by atoms with Gasteiger partial charge in [-0.3, -0.25) is 4.79 Å². The fourth-order valence-corrected chi connectivity index (χ4v) is 3.36. The van der Waals surface area contributed by atoms with Crippen molar-refractivity contribution in [3.63, 3.8) is 0 Å². The van der Waals surface area contributed by atoms with E-state index in [1.165, 1.54) is 5.56 Å². The molecule has 0 spiro atoms. The van der Waals surface area contributed by atoms with Gasteiger partial charge in [-0.15, -0.1) is 0 Å². The van der Waals surface area contributed by atoms with Crippen molar-refractivity contribution in [3.05, 3.63) is 83.7 Å². The van der Waals surface area contributed by atoms with Crippen molar-refractivity contribution in [2.24, 2.45) is 0 Å². The molecule has 0 radical (unpaired) electrons. The van der Waals surface area contributed by atoms with Crippen molar-refractivity contribution in [2.75, 3.05) is 5.73 Å². The van der Waals surface area contributed by atoms with E-state index in [2.05, 4.69) is 21.4 Å². The summed E-state index contributed by atoms with van der Waals surface area (Å²) in [5.41, 5.74) is 9.46. The topological polar surface area (TPSA) is 85.8 Å². The van der Waals surface area contributed by atoms with Crippen molar-refractivity contribution >= 4 is 36.3 Å². The maximum atomic E-state index is 13.0. The number of nitrogen functional groups attached to an aromatic ring is 1. The Hall–Kier alpha value is -3.32. The van der Waals surface area contributed by atoms with Gasteiger partial charge in [0.2, 0.25) is 5.95 Å². The summed E-state index contributed by atoms with van der Waals surface area (Å²) in [6.07, 6.45) is 3.50. The lowest BCUT2D eigenvalue weighted by atomic mass is 10.0. The molecule has 0 saturated heterocycles. The Balaban J connectivity index is 0.00000240. The lowest BCUT2D eigenvalue weighted by molar-refractivity contribution is 0.0941. The fraction of sp³-hybridized carbons (Fsp3) is 0.136. The van der Waals surface area contributed by atoms with Gasteiger partial charge in [0.05, 0.1) is 11.6 Å². The first-order valence-corrected chi connectivity index (χ1v) is 9.09. The zero-order chi connectivity index (χ0) is 19.7. The van der Waals surface area contributed by atoms with E-state index in [4.69, 9.17) is 5.73 Å². The number of anilines is 1.